The number of hydrogen-bond acceptors (Lipinski definition) is 5. The summed E-state index contributed by atoms with van der Waals surface area (Å²) < 4.78 is 10.7. The molecule has 156 valence electrons. The second-order valence-electron chi connectivity index (χ2n) is 6.81. The largest absolute Gasteiger partial charge is 0.491 e. The fraction of sp³-hybridized carbons (Fsp3) is 0.348. The fourth-order valence-electron chi connectivity index (χ4n) is 2.82. The molecule has 6 nitrogen and oxygen atoms in total. The van der Waals surface area contributed by atoms with Crippen LogP contribution < -0.4 is 14.8 Å². The Morgan fingerprint density at radius 1 is 1.07 bits per heavy atom. The second-order valence-corrected chi connectivity index (χ2v) is 6.81. The van der Waals surface area contributed by atoms with Gasteiger partial charge in [-0.05, 0) is 55.7 Å². The minimum atomic E-state index is -1.00. The van der Waals surface area contributed by atoms with Gasteiger partial charge in [0.1, 0.15) is 24.2 Å². The maximum atomic E-state index is 10.6. The average Bonchev–Trinajstić information content (AvgIpc) is 2.74. The van der Waals surface area contributed by atoms with E-state index in [1.165, 1.54) is 0 Å². The lowest BCUT2D eigenvalue weighted by Crippen LogP contribution is -2.36. The molecule has 0 saturated heterocycles. The van der Waals surface area contributed by atoms with Crippen molar-refractivity contribution in [2.24, 2.45) is 0 Å². The zero-order valence-corrected chi connectivity index (χ0v) is 16.9. The molecule has 0 spiro atoms. The predicted octanol–water partition coefficient (Wildman–Crippen LogP) is 3.36. The van der Waals surface area contributed by atoms with Crippen molar-refractivity contribution in [3.05, 3.63) is 66.2 Å². The molecule has 3 N–H and O–H groups in total. The van der Waals surface area contributed by atoms with Gasteiger partial charge in [-0.25, -0.2) is 4.79 Å². The SMILES string of the molecule is C/C=C(\CC(C)NCC(O)COc1ccccc1)c1ccc(OCC(=O)O)cc1. The van der Waals surface area contributed by atoms with Crippen molar-refractivity contribution < 1.29 is 24.5 Å². The average molecular weight is 399 g/mol. The third kappa shape index (κ3) is 8.37. The third-order valence-electron chi connectivity index (χ3n) is 4.35. The summed E-state index contributed by atoms with van der Waals surface area (Å²) in [4.78, 5) is 10.6. The van der Waals surface area contributed by atoms with E-state index in [9.17, 15) is 9.90 Å². The van der Waals surface area contributed by atoms with Crippen LogP contribution in [0, 0.1) is 0 Å². The van der Waals surface area contributed by atoms with Gasteiger partial charge in [0.2, 0.25) is 0 Å². The van der Waals surface area contributed by atoms with Crippen LogP contribution in [-0.2, 0) is 4.79 Å². The summed E-state index contributed by atoms with van der Waals surface area (Å²) >= 11 is 0. The molecule has 0 radical (unpaired) electrons. The highest BCUT2D eigenvalue weighted by Crippen LogP contribution is 2.22. The number of aliphatic carboxylic acids is 1. The lowest BCUT2D eigenvalue weighted by molar-refractivity contribution is -0.139. The smallest absolute Gasteiger partial charge is 0.341 e. The number of ether oxygens (including phenoxy) is 2. The Morgan fingerprint density at radius 3 is 2.34 bits per heavy atom. The van der Waals surface area contributed by atoms with Gasteiger partial charge in [0.15, 0.2) is 6.61 Å². The van der Waals surface area contributed by atoms with E-state index in [1.807, 2.05) is 49.4 Å². The maximum Gasteiger partial charge on any atom is 0.341 e. The van der Waals surface area contributed by atoms with Crippen molar-refractivity contribution in [1.82, 2.24) is 5.32 Å². The van der Waals surface area contributed by atoms with E-state index < -0.39 is 12.1 Å². The van der Waals surface area contributed by atoms with Gasteiger partial charge in [0, 0.05) is 12.6 Å². The van der Waals surface area contributed by atoms with Crippen LogP contribution in [0.5, 0.6) is 11.5 Å². The summed E-state index contributed by atoms with van der Waals surface area (Å²) in [6.07, 6.45) is 2.25. The van der Waals surface area contributed by atoms with E-state index in [0.29, 0.717) is 12.3 Å². The number of allylic oxidation sites excluding steroid dienone is 1. The molecule has 2 atom stereocenters. The first-order valence-electron chi connectivity index (χ1n) is 9.67. The van der Waals surface area contributed by atoms with Crippen LogP contribution in [0.4, 0.5) is 0 Å². The minimum absolute atomic E-state index is 0.163. The molecule has 6 heteroatoms. The highest BCUT2D eigenvalue weighted by atomic mass is 16.5. The van der Waals surface area contributed by atoms with Gasteiger partial charge in [-0.15, -0.1) is 0 Å². The fourth-order valence-corrected chi connectivity index (χ4v) is 2.82. The summed E-state index contributed by atoms with van der Waals surface area (Å²) in [5, 5.41) is 22.1. The van der Waals surface area contributed by atoms with E-state index in [2.05, 4.69) is 18.3 Å². The van der Waals surface area contributed by atoms with Crippen LogP contribution in [0.2, 0.25) is 0 Å². The van der Waals surface area contributed by atoms with Crippen LogP contribution in [0.3, 0.4) is 0 Å². The highest BCUT2D eigenvalue weighted by molar-refractivity contribution is 5.69. The van der Waals surface area contributed by atoms with Crippen LogP contribution in [0.25, 0.3) is 5.57 Å². The number of rotatable bonds is 12. The Morgan fingerprint density at radius 2 is 1.72 bits per heavy atom. The Balaban J connectivity index is 1.77. The number of hydrogen-bond donors (Lipinski definition) is 3. The summed E-state index contributed by atoms with van der Waals surface area (Å²) in [5.41, 5.74) is 2.21. The van der Waals surface area contributed by atoms with Crippen LogP contribution in [0.15, 0.2) is 60.7 Å². The number of carboxylic acid groups (broad SMARTS) is 1. The topological polar surface area (TPSA) is 88.0 Å². The van der Waals surface area contributed by atoms with Gasteiger partial charge < -0.3 is 25.0 Å². The predicted molar refractivity (Wildman–Crippen MR) is 113 cm³/mol. The summed E-state index contributed by atoms with van der Waals surface area (Å²) in [6, 6.07) is 17.0. The third-order valence-corrected chi connectivity index (χ3v) is 4.35. The van der Waals surface area contributed by atoms with E-state index in [0.717, 1.165) is 23.3 Å². The normalized spacial score (nSPS) is 13.6. The summed E-state index contributed by atoms with van der Waals surface area (Å²) in [5.74, 6) is 0.269. The van der Waals surface area contributed by atoms with E-state index in [1.54, 1.807) is 12.1 Å². The zero-order chi connectivity index (χ0) is 21.1. The van der Waals surface area contributed by atoms with Crippen molar-refractivity contribution in [2.75, 3.05) is 19.8 Å². The molecule has 0 heterocycles. The second kappa shape index (κ2) is 11.9. The standard InChI is InChI=1S/C23H29NO5/c1-3-18(19-9-11-22(12-10-19)29-16-23(26)27)13-17(2)24-14-20(25)15-28-21-7-5-4-6-8-21/h3-12,17,20,24-25H,13-16H2,1-2H3,(H,26,27)/b18-3+. The monoisotopic (exact) mass is 399 g/mol. The molecule has 0 bridgehead atoms. The molecule has 0 amide bonds. The molecular weight excluding hydrogens is 370 g/mol. The summed E-state index contributed by atoms with van der Waals surface area (Å²) in [6.45, 7) is 4.37. The van der Waals surface area contributed by atoms with Gasteiger partial charge in [0.05, 0.1) is 0 Å². The maximum absolute atomic E-state index is 10.6. The first kappa shape index (κ1) is 22.5. The molecule has 0 fully saturated rings. The lowest BCUT2D eigenvalue weighted by atomic mass is 9.99. The molecule has 2 aromatic carbocycles. The number of benzene rings is 2. The van der Waals surface area contributed by atoms with Crippen molar-refractivity contribution >= 4 is 11.5 Å². The molecule has 0 saturated carbocycles. The molecule has 2 aromatic rings. The molecule has 2 unspecified atom stereocenters. The molecule has 2 rings (SSSR count). The van der Waals surface area contributed by atoms with Crippen molar-refractivity contribution in [2.45, 2.75) is 32.4 Å². The number of aliphatic hydroxyl groups is 1. The Labute approximate surface area is 171 Å². The molecular formula is C23H29NO5. The van der Waals surface area contributed by atoms with Crippen molar-refractivity contribution in [3.8, 4) is 11.5 Å². The molecule has 29 heavy (non-hydrogen) atoms. The minimum Gasteiger partial charge on any atom is -0.491 e. The number of nitrogens with one attached hydrogen (secondary N) is 1. The van der Waals surface area contributed by atoms with Crippen LogP contribution in [-0.4, -0.2) is 48.1 Å². The molecule has 0 aliphatic carbocycles. The first-order valence-corrected chi connectivity index (χ1v) is 9.67. The van der Waals surface area contributed by atoms with E-state index >= 15 is 0 Å². The zero-order valence-electron chi connectivity index (χ0n) is 16.9. The Kier molecular flexibility index (Phi) is 9.21. The number of para-hydroxylation sites is 1. The Hall–Kier alpha value is -2.83. The van der Waals surface area contributed by atoms with Crippen LogP contribution >= 0.6 is 0 Å². The summed E-state index contributed by atoms with van der Waals surface area (Å²) in [7, 11) is 0. The van der Waals surface area contributed by atoms with Crippen molar-refractivity contribution in [3.63, 3.8) is 0 Å². The van der Waals surface area contributed by atoms with E-state index in [4.69, 9.17) is 14.6 Å². The van der Waals surface area contributed by atoms with Gasteiger partial charge >= 0.3 is 5.97 Å². The molecule has 0 aliphatic rings. The van der Waals surface area contributed by atoms with Gasteiger partial charge in [0.25, 0.3) is 0 Å². The number of aliphatic hydroxyl groups excluding tert-OH is 1. The molecule has 0 aliphatic heterocycles. The Bertz CT molecular complexity index is 774. The number of carbonyl (C=O) groups is 1. The van der Waals surface area contributed by atoms with Gasteiger partial charge in [-0.1, -0.05) is 36.4 Å². The van der Waals surface area contributed by atoms with Gasteiger partial charge in [-0.3, -0.25) is 0 Å². The molecule has 0 aromatic heterocycles. The van der Waals surface area contributed by atoms with Gasteiger partial charge in [-0.2, -0.15) is 0 Å². The number of carboxylic acids is 1. The lowest BCUT2D eigenvalue weighted by Gasteiger charge is -2.19. The highest BCUT2D eigenvalue weighted by Gasteiger charge is 2.11. The van der Waals surface area contributed by atoms with Crippen LogP contribution in [0.1, 0.15) is 25.8 Å². The quantitative estimate of drug-likeness (QED) is 0.507. The van der Waals surface area contributed by atoms with E-state index in [-0.39, 0.29) is 19.3 Å². The van der Waals surface area contributed by atoms with Crippen molar-refractivity contribution in [1.29, 1.82) is 0 Å². The first-order chi connectivity index (χ1) is 14.0.